The lowest BCUT2D eigenvalue weighted by Crippen LogP contribution is -2.53. The number of carbonyl (C=O) groups is 1. The number of piperidine rings is 1. The molecule has 2 aliphatic heterocycles. The van der Waals surface area contributed by atoms with Gasteiger partial charge in [-0.25, -0.2) is 4.79 Å². The normalized spacial score (nSPS) is 22.3. The molecule has 1 fully saturated rings. The minimum atomic E-state index is -0.466. The Hall–Kier alpha value is -2.56. The van der Waals surface area contributed by atoms with E-state index in [2.05, 4.69) is 35.5 Å². The second-order valence-electron chi connectivity index (χ2n) is 8.39. The molecule has 0 saturated carbocycles. The molecule has 1 saturated heterocycles. The summed E-state index contributed by atoms with van der Waals surface area (Å²) in [6.07, 6.45) is 7.77. The van der Waals surface area contributed by atoms with E-state index in [4.69, 9.17) is 9.26 Å². The molecule has 1 aromatic carbocycles. The zero-order chi connectivity index (χ0) is 19.0. The van der Waals surface area contributed by atoms with E-state index in [0.29, 0.717) is 0 Å². The summed E-state index contributed by atoms with van der Waals surface area (Å²) < 4.78 is 10.9. The van der Waals surface area contributed by atoms with Gasteiger partial charge >= 0.3 is 6.09 Å². The van der Waals surface area contributed by atoms with Crippen LogP contribution >= 0.6 is 0 Å². The number of hydrogen-bond donors (Lipinski definition) is 0. The minimum absolute atomic E-state index is 0.122. The highest BCUT2D eigenvalue weighted by molar-refractivity contribution is 5.75. The molecule has 0 N–H and O–H groups in total. The maximum atomic E-state index is 12.7. The van der Waals surface area contributed by atoms with Crippen molar-refractivity contribution in [3.05, 3.63) is 48.2 Å². The average Bonchev–Trinajstić information content (AvgIpc) is 3.14. The van der Waals surface area contributed by atoms with Crippen LogP contribution in [-0.4, -0.2) is 33.8 Å². The van der Waals surface area contributed by atoms with Crippen molar-refractivity contribution >= 4 is 11.7 Å². The van der Waals surface area contributed by atoms with E-state index in [1.165, 1.54) is 11.1 Å². The van der Waals surface area contributed by atoms with Gasteiger partial charge in [-0.3, -0.25) is 4.90 Å². The molecule has 2 bridgehead atoms. The molecular weight excluding hydrogens is 340 g/mol. The summed E-state index contributed by atoms with van der Waals surface area (Å²) >= 11 is 0. The number of hydrogen-bond acceptors (Lipinski definition) is 4. The Morgan fingerprint density at radius 1 is 1.15 bits per heavy atom. The highest BCUT2D eigenvalue weighted by Crippen LogP contribution is 2.38. The minimum Gasteiger partial charge on any atom is -0.444 e. The van der Waals surface area contributed by atoms with E-state index in [-0.39, 0.29) is 18.2 Å². The van der Waals surface area contributed by atoms with Crippen molar-refractivity contribution in [3.63, 3.8) is 0 Å². The van der Waals surface area contributed by atoms with Gasteiger partial charge in [0, 0.05) is 17.7 Å². The Labute approximate surface area is 160 Å². The number of ether oxygens (including phenoxy) is 1. The first kappa shape index (κ1) is 17.8. The van der Waals surface area contributed by atoms with Crippen LogP contribution in [0.3, 0.4) is 0 Å². The molecule has 2 aliphatic rings. The van der Waals surface area contributed by atoms with Crippen LogP contribution in [0.25, 0.3) is 16.9 Å². The van der Waals surface area contributed by atoms with Crippen molar-refractivity contribution in [2.75, 3.05) is 0 Å². The maximum absolute atomic E-state index is 12.7. The molecule has 5 nitrogen and oxygen atoms in total. The second-order valence-corrected chi connectivity index (χ2v) is 8.39. The number of amides is 1. The summed E-state index contributed by atoms with van der Waals surface area (Å²) in [4.78, 5) is 14.7. The SMILES string of the molecule is CC(C)(C)OC(=O)N1C2C=C(c3ccc(-c4ccno4)cc3)CC1CCC2. The van der Waals surface area contributed by atoms with Crippen LogP contribution in [0.1, 0.15) is 52.0 Å². The highest BCUT2D eigenvalue weighted by atomic mass is 16.6. The van der Waals surface area contributed by atoms with E-state index >= 15 is 0 Å². The Morgan fingerprint density at radius 2 is 1.89 bits per heavy atom. The van der Waals surface area contributed by atoms with Crippen molar-refractivity contribution in [1.82, 2.24) is 10.1 Å². The third-order valence-corrected chi connectivity index (χ3v) is 5.22. The van der Waals surface area contributed by atoms with Gasteiger partial charge < -0.3 is 9.26 Å². The largest absolute Gasteiger partial charge is 0.444 e. The molecule has 0 radical (unpaired) electrons. The lowest BCUT2D eigenvalue weighted by molar-refractivity contribution is 0.0000851. The lowest BCUT2D eigenvalue weighted by Gasteiger charge is -2.45. The molecule has 0 aliphatic carbocycles. The molecule has 5 heteroatoms. The van der Waals surface area contributed by atoms with Crippen molar-refractivity contribution < 1.29 is 14.1 Å². The van der Waals surface area contributed by atoms with Gasteiger partial charge in [-0.1, -0.05) is 35.5 Å². The topological polar surface area (TPSA) is 55.6 Å². The molecule has 4 rings (SSSR count). The highest BCUT2D eigenvalue weighted by Gasteiger charge is 2.39. The molecule has 3 heterocycles. The van der Waals surface area contributed by atoms with Gasteiger partial charge in [0.05, 0.1) is 12.2 Å². The molecule has 142 valence electrons. The van der Waals surface area contributed by atoms with E-state index in [1.54, 1.807) is 6.20 Å². The third kappa shape index (κ3) is 3.77. The van der Waals surface area contributed by atoms with Crippen LogP contribution in [0.2, 0.25) is 0 Å². The Morgan fingerprint density at radius 3 is 2.52 bits per heavy atom. The predicted octanol–water partition coefficient (Wildman–Crippen LogP) is 5.29. The number of benzene rings is 1. The fraction of sp³-hybridized carbons (Fsp3) is 0.455. The molecule has 0 spiro atoms. The van der Waals surface area contributed by atoms with Gasteiger partial charge in [-0.15, -0.1) is 0 Å². The van der Waals surface area contributed by atoms with Crippen molar-refractivity contribution in [2.24, 2.45) is 0 Å². The third-order valence-electron chi connectivity index (χ3n) is 5.22. The van der Waals surface area contributed by atoms with E-state index in [0.717, 1.165) is 37.0 Å². The summed E-state index contributed by atoms with van der Waals surface area (Å²) in [5.74, 6) is 0.771. The van der Waals surface area contributed by atoms with Gasteiger partial charge in [0.15, 0.2) is 5.76 Å². The Bertz CT molecular complexity index is 831. The number of aromatic nitrogens is 1. The van der Waals surface area contributed by atoms with E-state index in [9.17, 15) is 4.79 Å². The molecule has 27 heavy (non-hydrogen) atoms. The number of fused-ring (bicyclic) bond motifs is 2. The summed E-state index contributed by atoms with van der Waals surface area (Å²) in [5.41, 5.74) is 3.07. The van der Waals surface area contributed by atoms with Crippen LogP contribution in [0.15, 0.2) is 47.1 Å². The second kappa shape index (κ2) is 6.87. The standard InChI is InChI=1S/C22H26N2O3/c1-22(2,3)26-21(25)24-18-5-4-6-19(24)14-17(13-18)15-7-9-16(10-8-15)20-11-12-23-27-20/h7-13,18-19H,4-6,14H2,1-3H3. The van der Waals surface area contributed by atoms with Crippen LogP contribution in [0.5, 0.6) is 0 Å². The fourth-order valence-corrected chi connectivity index (χ4v) is 4.06. The first-order chi connectivity index (χ1) is 12.9. The number of carbonyl (C=O) groups excluding carboxylic acids is 1. The van der Waals surface area contributed by atoms with Gasteiger partial charge in [0.1, 0.15) is 5.60 Å². The fourth-order valence-electron chi connectivity index (χ4n) is 4.06. The van der Waals surface area contributed by atoms with Crippen molar-refractivity contribution in [3.8, 4) is 11.3 Å². The average molecular weight is 366 g/mol. The lowest BCUT2D eigenvalue weighted by atomic mass is 9.83. The summed E-state index contributed by atoms with van der Waals surface area (Å²) in [6.45, 7) is 5.76. The van der Waals surface area contributed by atoms with E-state index in [1.807, 2.05) is 31.7 Å². The summed E-state index contributed by atoms with van der Waals surface area (Å²) in [6, 6.07) is 10.6. The summed E-state index contributed by atoms with van der Waals surface area (Å²) in [7, 11) is 0. The quantitative estimate of drug-likeness (QED) is 0.725. The van der Waals surface area contributed by atoms with Crippen LogP contribution < -0.4 is 0 Å². The zero-order valence-electron chi connectivity index (χ0n) is 16.1. The van der Waals surface area contributed by atoms with Gasteiger partial charge in [-0.05, 0) is 57.6 Å². The molecule has 1 amide bonds. The van der Waals surface area contributed by atoms with Crippen LogP contribution in [0.4, 0.5) is 4.79 Å². The molecule has 2 atom stereocenters. The van der Waals surface area contributed by atoms with Crippen LogP contribution in [0, 0.1) is 0 Å². The first-order valence-electron chi connectivity index (χ1n) is 9.64. The van der Waals surface area contributed by atoms with Gasteiger partial charge in [0.25, 0.3) is 0 Å². The Kier molecular flexibility index (Phi) is 4.54. The van der Waals surface area contributed by atoms with E-state index < -0.39 is 5.60 Å². The smallest absolute Gasteiger partial charge is 0.411 e. The number of rotatable bonds is 2. The number of nitrogens with zero attached hydrogens (tertiary/aromatic N) is 2. The van der Waals surface area contributed by atoms with Crippen molar-refractivity contribution in [1.29, 1.82) is 0 Å². The molecule has 1 aromatic heterocycles. The maximum Gasteiger partial charge on any atom is 0.411 e. The molecular formula is C22H26N2O3. The molecule has 2 aromatic rings. The summed E-state index contributed by atoms with van der Waals surface area (Å²) in [5, 5.41) is 3.76. The van der Waals surface area contributed by atoms with Gasteiger partial charge in [0.2, 0.25) is 0 Å². The van der Waals surface area contributed by atoms with Crippen molar-refractivity contribution in [2.45, 2.75) is 64.1 Å². The zero-order valence-corrected chi connectivity index (χ0v) is 16.1. The van der Waals surface area contributed by atoms with Crippen LogP contribution in [-0.2, 0) is 4.74 Å². The monoisotopic (exact) mass is 366 g/mol. The van der Waals surface area contributed by atoms with Gasteiger partial charge in [-0.2, -0.15) is 0 Å². The Balaban J connectivity index is 1.56. The first-order valence-corrected chi connectivity index (χ1v) is 9.64. The molecule has 2 unspecified atom stereocenters. The predicted molar refractivity (Wildman–Crippen MR) is 104 cm³/mol.